The number of ether oxygens (including phenoxy) is 1. The minimum Gasteiger partial charge on any atom is -0.449 e. The third-order valence-electron chi connectivity index (χ3n) is 4.63. The lowest BCUT2D eigenvalue weighted by molar-refractivity contribution is -0.123. The molecule has 0 spiro atoms. The summed E-state index contributed by atoms with van der Waals surface area (Å²) in [4.78, 5) is 39.0. The summed E-state index contributed by atoms with van der Waals surface area (Å²) < 4.78 is 5.29. The van der Waals surface area contributed by atoms with Crippen LogP contribution in [0, 0.1) is 13.8 Å². The van der Waals surface area contributed by atoms with Gasteiger partial charge in [0.1, 0.15) is 0 Å². The van der Waals surface area contributed by atoms with E-state index in [9.17, 15) is 14.4 Å². The van der Waals surface area contributed by atoms with E-state index in [1.165, 1.54) is 19.1 Å². The Hall–Kier alpha value is -3.61. The first-order valence-corrected chi connectivity index (χ1v) is 8.77. The maximum Gasteiger partial charge on any atom is 0.338 e. The van der Waals surface area contributed by atoms with E-state index >= 15 is 0 Å². The van der Waals surface area contributed by atoms with E-state index in [4.69, 9.17) is 10.5 Å². The van der Waals surface area contributed by atoms with Crippen molar-refractivity contribution in [3.8, 4) is 0 Å². The monoisotopic (exact) mass is 379 g/mol. The second-order valence-electron chi connectivity index (χ2n) is 6.61. The summed E-state index contributed by atoms with van der Waals surface area (Å²) in [6.07, 6.45) is -0.993. The van der Waals surface area contributed by atoms with E-state index in [1.807, 2.05) is 19.9 Å². The summed E-state index contributed by atoms with van der Waals surface area (Å²) in [5.74, 6) is -1.60. The standard InChI is InChI=1S/C21H21N3O4/c1-11-12(2)23-18-9-6-15(10-17(11)18)21(27)28-13(3)20(26)24-16-7-4-14(5-8-16)19(22)25/h4-10,13,23H,1-3H3,(H2,22,25)(H,24,26)/t13-/m1/s1. The first-order valence-electron chi connectivity index (χ1n) is 8.77. The third-order valence-corrected chi connectivity index (χ3v) is 4.63. The van der Waals surface area contributed by atoms with Crippen LogP contribution in [0.5, 0.6) is 0 Å². The topological polar surface area (TPSA) is 114 Å². The van der Waals surface area contributed by atoms with Crippen LogP contribution in [-0.2, 0) is 9.53 Å². The number of nitrogens with one attached hydrogen (secondary N) is 2. The number of aromatic nitrogens is 1. The van der Waals surface area contributed by atoms with Gasteiger partial charge < -0.3 is 20.8 Å². The lowest BCUT2D eigenvalue weighted by atomic mass is 10.1. The largest absolute Gasteiger partial charge is 0.449 e. The molecule has 0 aliphatic heterocycles. The molecule has 0 saturated carbocycles. The molecule has 2 aromatic carbocycles. The molecule has 0 aliphatic carbocycles. The van der Waals surface area contributed by atoms with Crippen LogP contribution in [0.15, 0.2) is 42.5 Å². The van der Waals surface area contributed by atoms with Crippen molar-refractivity contribution in [2.24, 2.45) is 5.73 Å². The lowest BCUT2D eigenvalue weighted by Gasteiger charge is -2.14. The summed E-state index contributed by atoms with van der Waals surface area (Å²) in [6, 6.07) is 11.3. The third kappa shape index (κ3) is 3.88. The Morgan fingerprint density at radius 3 is 2.32 bits per heavy atom. The number of nitrogens with two attached hydrogens (primary N) is 1. The number of aryl methyl sites for hydroxylation is 2. The Bertz CT molecular complexity index is 1070. The van der Waals surface area contributed by atoms with Gasteiger partial charge >= 0.3 is 5.97 Å². The van der Waals surface area contributed by atoms with Crippen molar-refractivity contribution in [2.45, 2.75) is 26.9 Å². The normalized spacial score (nSPS) is 11.8. The molecular formula is C21H21N3O4. The van der Waals surface area contributed by atoms with E-state index in [2.05, 4.69) is 10.3 Å². The number of esters is 1. The predicted octanol–water partition coefficient (Wildman–Crippen LogP) is 3.07. The number of anilines is 1. The van der Waals surface area contributed by atoms with Crippen molar-refractivity contribution in [2.75, 3.05) is 5.32 Å². The minimum absolute atomic E-state index is 0.336. The van der Waals surface area contributed by atoms with Gasteiger partial charge in [-0.15, -0.1) is 0 Å². The van der Waals surface area contributed by atoms with Crippen LogP contribution in [0.2, 0.25) is 0 Å². The zero-order valence-electron chi connectivity index (χ0n) is 15.8. The highest BCUT2D eigenvalue weighted by Gasteiger charge is 2.20. The number of benzene rings is 2. The Balaban J connectivity index is 1.67. The molecule has 144 valence electrons. The second-order valence-corrected chi connectivity index (χ2v) is 6.61. The molecule has 0 radical (unpaired) electrons. The van der Waals surface area contributed by atoms with Crippen molar-refractivity contribution in [1.82, 2.24) is 4.98 Å². The number of hydrogen-bond acceptors (Lipinski definition) is 4. The zero-order chi connectivity index (χ0) is 20.4. The molecule has 3 rings (SSSR count). The Morgan fingerprint density at radius 2 is 1.68 bits per heavy atom. The minimum atomic E-state index is -0.993. The van der Waals surface area contributed by atoms with Gasteiger partial charge in [0.2, 0.25) is 5.91 Å². The Kier molecular flexibility index (Phi) is 5.17. The Labute approximate surface area is 161 Å². The summed E-state index contributed by atoms with van der Waals surface area (Å²) in [5, 5.41) is 3.58. The molecule has 0 bridgehead atoms. The van der Waals surface area contributed by atoms with E-state index in [1.54, 1.807) is 24.3 Å². The Morgan fingerprint density at radius 1 is 1.04 bits per heavy atom. The quantitative estimate of drug-likeness (QED) is 0.591. The number of carbonyl (C=O) groups is 3. The molecule has 28 heavy (non-hydrogen) atoms. The van der Waals surface area contributed by atoms with Crippen LogP contribution in [0.1, 0.15) is 38.9 Å². The fourth-order valence-corrected chi connectivity index (χ4v) is 2.83. The van der Waals surface area contributed by atoms with Crippen LogP contribution >= 0.6 is 0 Å². The SMILES string of the molecule is Cc1[nH]c2ccc(C(=O)O[C@H](C)C(=O)Nc3ccc(C(N)=O)cc3)cc2c1C. The smallest absolute Gasteiger partial charge is 0.338 e. The van der Waals surface area contributed by atoms with Crippen molar-refractivity contribution in [1.29, 1.82) is 0 Å². The number of aromatic amines is 1. The van der Waals surface area contributed by atoms with Crippen molar-refractivity contribution >= 4 is 34.4 Å². The summed E-state index contributed by atoms with van der Waals surface area (Å²) in [5.41, 5.74) is 9.41. The average Bonchev–Trinajstić information content (AvgIpc) is 2.95. The van der Waals surface area contributed by atoms with Gasteiger partial charge in [-0.25, -0.2) is 4.79 Å². The molecule has 2 amide bonds. The highest BCUT2D eigenvalue weighted by Crippen LogP contribution is 2.23. The van der Waals surface area contributed by atoms with Crippen molar-refractivity contribution < 1.29 is 19.1 Å². The van der Waals surface area contributed by atoms with Crippen molar-refractivity contribution in [3.63, 3.8) is 0 Å². The fraction of sp³-hybridized carbons (Fsp3) is 0.190. The fourth-order valence-electron chi connectivity index (χ4n) is 2.83. The highest BCUT2D eigenvalue weighted by molar-refractivity contribution is 6.00. The van der Waals surface area contributed by atoms with Crippen molar-refractivity contribution in [3.05, 3.63) is 64.8 Å². The van der Waals surface area contributed by atoms with Crippen LogP contribution in [-0.4, -0.2) is 28.9 Å². The molecular weight excluding hydrogens is 358 g/mol. The van der Waals surface area contributed by atoms with Gasteiger partial charge in [-0.2, -0.15) is 0 Å². The summed E-state index contributed by atoms with van der Waals surface area (Å²) in [7, 11) is 0. The lowest BCUT2D eigenvalue weighted by Crippen LogP contribution is -2.30. The molecule has 3 aromatic rings. The van der Waals surface area contributed by atoms with Gasteiger partial charge in [0, 0.05) is 27.8 Å². The van der Waals surface area contributed by atoms with Gasteiger partial charge in [0.15, 0.2) is 6.10 Å². The molecule has 1 heterocycles. The first kappa shape index (κ1) is 19.2. The number of rotatable bonds is 5. The molecule has 7 heteroatoms. The number of hydrogen-bond donors (Lipinski definition) is 3. The van der Waals surface area contributed by atoms with Crippen LogP contribution in [0.3, 0.4) is 0 Å². The van der Waals surface area contributed by atoms with Gasteiger partial charge in [0.05, 0.1) is 5.56 Å². The maximum atomic E-state index is 12.4. The average molecular weight is 379 g/mol. The molecule has 1 atom stereocenters. The number of H-pyrrole nitrogens is 1. The van der Waals surface area contributed by atoms with Crippen LogP contribution in [0.25, 0.3) is 10.9 Å². The summed E-state index contributed by atoms with van der Waals surface area (Å²) >= 11 is 0. The molecule has 0 unspecified atom stereocenters. The molecule has 0 fully saturated rings. The van der Waals surface area contributed by atoms with Crippen LogP contribution in [0.4, 0.5) is 5.69 Å². The number of carbonyl (C=O) groups excluding carboxylic acids is 3. The molecule has 1 aromatic heterocycles. The maximum absolute atomic E-state index is 12.4. The molecule has 7 nitrogen and oxygen atoms in total. The van der Waals surface area contributed by atoms with Gasteiger partial charge in [-0.3, -0.25) is 9.59 Å². The van der Waals surface area contributed by atoms with Crippen LogP contribution < -0.4 is 11.1 Å². The van der Waals surface area contributed by atoms with E-state index in [0.717, 1.165) is 22.2 Å². The number of amides is 2. The second kappa shape index (κ2) is 7.56. The van der Waals surface area contributed by atoms with E-state index in [0.29, 0.717) is 16.8 Å². The first-order chi connectivity index (χ1) is 13.3. The molecule has 0 saturated heterocycles. The van der Waals surface area contributed by atoms with Gasteiger partial charge in [-0.05, 0) is 68.8 Å². The highest BCUT2D eigenvalue weighted by atomic mass is 16.5. The number of primary amides is 1. The van der Waals surface area contributed by atoms with E-state index < -0.39 is 23.9 Å². The van der Waals surface area contributed by atoms with Gasteiger partial charge in [-0.1, -0.05) is 0 Å². The molecule has 4 N–H and O–H groups in total. The summed E-state index contributed by atoms with van der Waals surface area (Å²) in [6.45, 7) is 5.44. The van der Waals surface area contributed by atoms with Gasteiger partial charge in [0.25, 0.3) is 5.91 Å². The van der Waals surface area contributed by atoms with E-state index in [-0.39, 0.29) is 0 Å². The zero-order valence-corrected chi connectivity index (χ0v) is 15.8. The predicted molar refractivity (Wildman–Crippen MR) is 106 cm³/mol. The molecule has 0 aliphatic rings. The number of fused-ring (bicyclic) bond motifs is 1.